The van der Waals surface area contributed by atoms with Gasteiger partial charge in [0.25, 0.3) is 5.91 Å². The lowest BCUT2D eigenvalue weighted by Crippen LogP contribution is -2.20. The molecule has 0 bridgehead atoms. The minimum absolute atomic E-state index is 0.0983. The van der Waals surface area contributed by atoms with Crippen molar-refractivity contribution in [3.63, 3.8) is 0 Å². The first-order chi connectivity index (χ1) is 10.6. The molecule has 0 radical (unpaired) electrons. The standard InChI is InChI=1S/C18H21N3O/c1-13-5-7-15(8-6-13)18(22)20-16-9-10-17(19-14(16)2)21-11-3-4-12-21/h5-10H,3-4,11-12H2,1-2H3,(H,20,22). The number of anilines is 2. The van der Waals surface area contributed by atoms with Crippen molar-refractivity contribution in [1.82, 2.24) is 4.98 Å². The molecule has 0 aliphatic carbocycles. The molecule has 1 amide bonds. The number of rotatable bonds is 3. The molecule has 3 rings (SSSR count). The number of nitrogens with one attached hydrogen (secondary N) is 1. The number of hydrogen-bond acceptors (Lipinski definition) is 3. The molecule has 114 valence electrons. The molecule has 1 aromatic heterocycles. The largest absolute Gasteiger partial charge is 0.357 e. The summed E-state index contributed by atoms with van der Waals surface area (Å²) in [4.78, 5) is 19.2. The summed E-state index contributed by atoms with van der Waals surface area (Å²) in [5.41, 5.74) is 3.43. The highest BCUT2D eigenvalue weighted by Crippen LogP contribution is 2.22. The molecule has 1 aliphatic heterocycles. The average Bonchev–Trinajstić information content (AvgIpc) is 3.04. The molecule has 4 heteroatoms. The van der Waals surface area contributed by atoms with E-state index in [0.717, 1.165) is 35.9 Å². The number of amides is 1. The van der Waals surface area contributed by atoms with Crippen LogP contribution in [0.1, 0.15) is 34.5 Å². The number of carbonyl (C=O) groups is 1. The van der Waals surface area contributed by atoms with E-state index in [1.54, 1.807) is 0 Å². The molecule has 4 nitrogen and oxygen atoms in total. The molecule has 22 heavy (non-hydrogen) atoms. The number of nitrogens with zero attached hydrogens (tertiary/aromatic N) is 2. The summed E-state index contributed by atoms with van der Waals surface area (Å²) in [5, 5.41) is 2.94. The zero-order chi connectivity index (χ0) is 15.5. The normalized spacial score (nSPS) is 14.2. The molecule has 1 aromatic carbocycles. The quantitative estimate of drug-likeness (QED) is 0.942. The Kier molecular flexibility index (Phi) is 4.09. The van der Waals surface area contributed by atoms with E-state index < -0.39 is 0 Å². The number of pyridine rings is 1. The van der Waals surface area contributed by atoms with E-state index in [0.29, 0.717) is 5.56 Å². The molecule has 1 fully saturated rings. The third kappa shape index (κ3) is 3.11. The van der Waals surface area contributed by atoms with Crippen molar-refractivity contribution in [2.75, 3.05) is 23.3 Å². The summed E-state index contributed by atoms with van der Waals surface area (Å²) >= 11 is 0. The van der Waals surface area contributed by atoms with Crippen molar-refractivity contribution in [2.24, 2.45) is 0 Å². The zero-order valence-electron chi connectivity index (χ0n) is 13.1. The van der Waals surface area contributed by atoms with Gasteiger partial charge in [0.1, 0.15) is 5.82 Å². The van der Waals surface area contributed by atoms with E-state index in [2.05, 4.69) is 15.2 Å². The molecule has 0 unspecified atom stereocenters. The summed E-state index contributed by atoms with van der Waals surface area (Å²) in [7, 11) is 0. The smallest absolute Gasteiger partial charge is 0.255 e. The fourth-order valence-corrected chi connectivity index (χ4v) is 2.70. The summed E-state index contributed by atoms with van der Waals surface area (Å²) in [6.07, 6.45) is 2.46. The minimum Gasteiger partial charge on any atom is -0.357 e. The average molecular weight is 295 g/mol. The van der Waals surface area contributed by atoms with Crippen LogP contribution in [0.4, 0.5) is 11.5 Å². The topological polar surface area (TPSA) is 45.2 Å². The van der Waals surface area contributed by atoms with Crippen LogP contribution in [0, 0.1) is 13.8 Å². The fraction of sp³-hybridized carbons (Fsp3) is 0.333. The van der Waals surface area contributed by atoms with Crippen LogP contribution in [0.5, 0.6) is 0 Å². The van der Waals surface area contributed by atoms with Gasteiger partial charge in [0, 0.05) is 18.7 Å². The van der Waals surface area contributed by atoms with Crippen LogP contribution in [0.15, 0.2) is 36.4 Å². The van der Waals surface area contributed by atoms with Gasteiger partial charge in [0.05, 0.1) is 11.4 Å². The predicted molar refractivity (Wildman–Crippen MR) is 89.6 cm³/mol. The maximum Gasteiger partial charge on any atom is 0.255 e. The van der Waals surface area contributed by atoms with Crippen LogP contribution in [0.3, 0.4) is 0 Å². The van der Waals surface area contributed by atoms with Gasteiger partial charge < -0.3 is 10.2 Å². The molecule has 1 saturated heterocycles. The Labute approximate surface area is 131 Å². The van der Waals surface area contributed by atoms with Gasteiger partial charge in [0.15, 0.2) is 0 Å². The van der Waals surface area contributed by atoms with Gasteiger partial charge in [-0.15, -0.1) is 0 Å². The summed E-state index contributed by atoms with van der Waals surface area (Å²) < 4.78 is 0. The van der Waals surface area contributed by atoms with Crippen LogP contribution in [0.25, 0.3) is 0 Å². The second kappa shape index (κ2) is 6.18. The van der Waals surface area contributed by atoms with Crippen molar-refractivity contribution in [1.29, 1.82) is 0 Å². The third-order valence-electron chi connectivity index (χ3n) is 4.06. The van der Waals surface area contributed by atoms with Crippen LogP contribution < -0.4 is 10.2 Å². The third-order valence-corrected chi connectivity index (χ3v) is 4.06. The molecule has 2 aromatic rings. The van der Waals surface area contributed by atoms with Crippen molar-refractivity contribution in [3.8, 4) is 0 Å². The van der Waals surface area contributed by atoms with Crippen LogP contribution >= 0.6 is 0 Å². The van der Waals surface area contributed by atoms with Crippen LogP contribution in [-0.4, -0.2) is 24.0 Å². The SMILES string of the molecule is Cc1ccc(C(=O)Nc2ccc(N3CCCC3)nc2C)cc1. The number of benzene rings is 1. The van der Waals surface area contributed by atoms with E-state index in [-0.39, 0.29) is 5.91 Å². The highest BCUT2D eigenvalue weighted by Gasteiger charge is 2.15. The monoisotopic (exact) mass is 295 g/mol. The molecule has 0 atom stereocenters. The van der Waals surface area contributed by atoms with Gasteiger partial charge in [0.2, 0.25) is 0 Å². The highest BCUT2D eigenvalue weighted by atomic mass is 16.1. The number of aromatic nitrogens is 1. The van der Waals surface area contributed by atoms with Gasteiger partial charge >= 0.3 is 0 Å². The first-order valence-electron chi connectivity index (χ1n) is 7.74. The van der Waals surface area contributed by atoms with E-state index in [1.807, 2.05) is 50.2 Å². The number of aryl methyl sites for hydroxylation is 2. The van der Waals surface area contributed by atoms with Gasteiger partial charge in [-0.25, -0.2) is 4.98 Å². The maximum absolute atomic E-state index is 12.3. The maximum atomic E-state index is 12.3. The molecule has 1 N–H and O–H groups in total. The van der Waals surface area contributed by atoms with Crippen LogP contribution in [-0.2, 0) is 0 Å². The van der Waals surface area contributed by atoms with E-state index in [4.69, 9.17) is 0 Å². The van der Waals surface area contributed by atoms with E-state index in [9.17, 15) is 4.79 Å². The van der Waals surface area contributed by atoms with Gasteiger partial charge in [-0.2, -0.15) is 0 Å². The lowest BCUT2D eigenvalue weighted by molar-refractivity contribution is 0.102. The van der Waals surface area contributed by atoms with Crippen molar-refractivity contribution < 1.29 is 4.79 Å². The summed E-state index contributed by atoms with van der Waals surface area (Å²) in [6, 6.07) is 11.5. The lowest BCUT2D eigenvalue weighted by Gasteiger charge is -2.18. The molecule has 2 heterocycles. The molecular weight excluding hydrogens is 274 g/mol. The molecule has 0 spiro atoms. The summed E-state index contributed by atoms with van der Waals surface area (Å²) in [5.74, 6) is 0.905. The number of carbonyl (C=O) groups excluding carboxylic acids is 1. The molecule has 0 saturated carbocycles. The fourth-order valence-electron chi connectivity index (χ4n) is 2.70. The Morgan fingerprint density at radius 1 is 1.05 bits per heavy atom. The van der Waals surface area contributed by atoms with Gasteiger partial charge in [-0.05, 0) is 51.0 Å². The molecule has 1 aliphatic rings. The molecular formula is C18H21N3O. The first kappa shape index (κ1) is 14.6. The van der Waals surface area contributed by atoms with E-state index in [1.165, 1.54) is 12.8 Å². The Balaban J connectivity index is 1.74. The second-order valence-corrected chi connectivity index (χ2v) is 5.82. The Morgan fingerprint density at radius 2 is 1.73 bits per heavy atom. The Bertz CT molecular complexity index is 673. The van der Waals surface area contributed by atoms with Crippen LogP contribution in [0.2, 0.25) is 0 Å². The van der Waals surface area contributed by atoms with Gasteiger partial charge in [-0.1, -0.05) is 17.7 Å². The lowest BCUT2D eigenvalue weighted by atomic mass is 10.1. The highest BCUT2D eigenvalue weighted by molar-refractivity contribution is 6.04. The van der Waals surface area contributed by atoms with Gasteiger partial charge in [-0.3, -0.25) is 4.79 Å². The first-order valence-corrected chi connectivity index (χ1v) is 7.74. The van der Waals surface area contributed by atoms with Crippen molar-refractivity contribution in [3.05, 3.63) is 53.2 Å². The Morgan fingerprint density at radius 3 is 2.36 bits per heavy atom. The van der Waals surface area contributed by atoms with Crippen molar-refractivity contribution in [2.45, 2.75) is 26.7 Å². The Hall–Kier alpha value is -2.36. The van der Waals surface area contributed by atoms with Crippen molar-refractivity contribution >= 4 is 17.4 Å². The second-order valence-electron chi connectivity index (χ2n) is 5.82. The predicted octanol–water partition coefficient (Wildman–Crippen LogP) is 3.55. The van der Waals surface area contributed by atoms with E-state index >= 15 is 0 Å². The summed E-state index contributed by atoms with van der Waals surface area (Å²) in [6.45, 7) is 6.08. The zero-order valence-corrected chi connectivity index (χ0v) is 13.1. The minimum atomic E-state index is -0.0983. The number of hydrogen-bond donors (Lipinski definition) is 1.